The zero-order chi connectivity index (χ0) is 36.9. The molecule has 3 aromatic rings. The van der Waals surface area contributed by atoms with E-state index < -0.39 is 59.6 Å². The minimum absolute atomic E-state index is 0.0213. The quantitative estimate of drug-likeness (QED) is 0.112. The molecule has 0 bridgehead atoms. The fraction of sp³-hybridized carbons (Fsp3) is 0.447. The maximum absolute atomic E-state index is 13.9. The van der Waals surface area contributed by atoms with E-state index >= 15 is 0 Å². The second-order valence-corrected chi connectivity index (χ2v) is 14.0. The van der Waals surface area contributed by atoms with E-state index in [4.69, 9.17) is 4.74 Å². The molecule has 0 aliphatic carbocycles. The fourth-order valence-corrected chi connectivity index (χ4v) is 5.58. The number of aliphatic hydroxyl groups is 3. The highest BCUT2D eigenvalue weighted by atomic mass is 16.6. The van der Waals surface area contributed by atoms with Gasteiger partial charge in [0.2, 0.25) is 5.91 Å². The van der Waals surface area contributed by atoms with Gasteiger partial charge in [0.15, 0.2) is 0 Å². The fourth-order valence-electron chi connectivity index (χ4n) is 5.58. The summed E-state index contributed by atoms with van der Waals surface area (Å²) >= 11 is 0. The van der Waals surface area contributed by atoms with Crippen LogP contribution in [-0.2, 0) is 28.9 Å². The molecule has 12 heteroatoms. The lowest BCUT2D eigenvalue weighted by Gasteiger charge is -2.37. The van der Waals surface area contributed by atoms with Crippen molar-refractivity contribution in [3.63, 3.8) is 0 Å². The van der Waals surface area contributed by atoms with Gasteiger partial charge in [-0.3, -0.25) is 9.69 Å². The molecule has 50 heavy (non-hydrogen) atoms. The predicted octanol–water partition coefficient (Wildman–Crippen LogP) is 3.48. The Kier molecular flexibility index (Phi) is 14.8. The number of ether oxygens (including phenoxy) is 1. The Morgan fingerprint density at radius 3 is 1.52 bits per heavy atom. The van der Waals surface area contributed by atoms with Gasteiger partial charge in [0, 0.05) is 19.6 Å². The number of hydrogen-bond acceptors (Lipinski definition) is 8. The maximum Gasteiger partial charge on any atom is 0.408 e. The largest absolute Gasteiger partial charge is 0.465 e. The number of nitrogens with one attached hydrogen (secondary N) is 3. The van der Waals surface area contributed by atoms with Crippen molar-refractivity contribution >= 4 is 18.1 Å². The third kappa shape index (κ3) is 13.4. The van der Waals surface area contributed by atoms with Crippen molar-refractivity contribution in [1.29, 1.82) is 0 Å². The third-order valence-corrected chi connectivity index (χ3v) is 7.93. The van der Waals surface area contributed by atoms with Crippen molar-refractivity contribution in [2.75, 3.05) is 13.1 Å². The first-order valence-corrected chi connectivity index (χ1v) is 16.7. The predicted molar refractivity (Wildman–Crippen MR) is 190 cm³/mol. The molecule has 0 fully saturated rings. The van der Waals surface area contributed by atoms with Gasteiger partial charge < -0.3 is 41.1 Å². The van der Waals surface area contributed by atoms with Crippen LogP contribution in [0.25, 0.3) is 0 Å². The van der Waals surface area contributed by atoms with Crippen molar-refractivity contribution < 1.29 is 39.5 Å². The maximum atomic E-state index is 13.9. The summed E-state index contributed by atoms with van der Waals surface area (Å²) in [5.74, 6) is -0.777. The zero-order valence-corrected chi connectivity index (χ0v) is 29.5. The normalized spacial score (nSPS) is 14.8. The molecule has 0 saturated carbocycles. The van der Waals surface area contributed by atoms with Gasteiger partial charge in [-0.25, -0.2) is 9.59 Å². The molecule has 3 aromatic carbocycles. The first-order chi connectivity index (χ1) is 23.5. The van der Waals surface area contributed by atoms with E-state index in [0.717, 1.165) is 16.0 Å². The van der Waals surface area contributed by atoms with Crippen LogP contribution in [0.2, 0.25) is 0 Å². The van der Waals surface area contributed by atoms with E-state index in [2.05, 4.69) is 16.0 Å². The van der Waals surface area contributed by atoms with Gasteiger partial charge in [-0.2, -0.15) is 0 Å². The number of alkyl carbamates (subject to hydrolysis) is 1. The molecule has 12 nitrogen and oxygen atoms in total. The molecule has 0 aromatic heterocycles. The topological polar surface area (TPSA) is 181 Å². The lowest BCUT2D eigenvalue weighted by atomic mass is 9.94. The zero-order valence-electron chi connectivity index (χ0n) is 29.5. The van der Waals surface area contributed by atoms with Crippen molar-refractivity contribution in [2.24, 2.45) is 0 Å². The SMILES string of the molecule is CC(C)(C)OC(=O)N[C@@H](Cc1ccccc1)[C@H](O)CNC[C@@H](O)[C@H](Cc1ccccc1)NC(=O)C(N(Cc1ccccc1)C(=O)O)C(C)(C)O. The average molecular weight is 693 g/mol. The van der Waals surface area contributed by atoms with E-state index in [1.807, 2.05) is 60.7 Å². The number of carbonyl (C=O) groups is 3. The summed E-state index contributed by atoms with van der Waals surface area (Å²) in [5, 5.41) is 52.4. The Labute approximate surface area is 294 Å². The van der Waals surface area contributed by atoms with Gasteiger partial charge >= 0.3 is 12.2 Å². The molecule has 3 amide bonds. The van der Waals surface area contributed by atoms with Gasteiger partial charge in [0.25, 0.3) is 0 Å². The van der Waals surface area contributed by atoms with Gasteiger partial charge in [0.1, 0.15) is 11.6 Å². The number of nitrogens with zero attached hydrogens (tertiary/aromatic N) is 1. The molecular weight excluding hydrogens is 640 g/mol. The Balaban J connectivity index is 1.76. The highest BCUT2D eigenvalue weighted by Gasteiger charge is 2.42. The van der Waals surface area contributed by atoms with Gasteiger partial charge in [-0.05, 0) is 64.2 Å². The van der Waals surface area contributed by atoms with E-state index in [9.17, 15) is 34.8 Å². The van der Waals surface area contributed by atoms with Crippen LogP contribution in [0.5, 0.6) is 0 Å². The van der Waals surface area contributed by atoms with Crippen LogP contribution in [-0.4, -0.2) is 98.0 Å². The summed E-state index contributed by atoms with van der Waals surface area (Å²) in [5.41, 5.74) is -0.188. The number of benzene rings is 3. The van der Waals surface area contributed by atoms with Gasteiger partial charge in [-0.1, -0.05) is 91.0 Å². The Hall–Kier alpha value is -4.49. The second-order valence-electron chi connectivity index (χ2n) is 14.0. The van der Waals surface area contributed by atoms with Crippen LogP contribution in [0.1, 0.15) is 51.3 Å². The second kappa shape index (κ2) is 18.5. The first kappa shape index (κ1) is 39.9. The molecule has 0 spiro atoms. The Morgan fingerprint density at radius 1 is 0.700 bits per heavy atom. The monoisotopic (exact) mass is 692 g/mol. The standard InChI is InChI=1S/C38H52N4O8/c1-37(2,3)50-35(46)41-30(22-27-17-11-7-12-18-27)32(44)24-39-23-31(43)29(21-26-15-9-6-10-16-26)40-34(45)33(38(4,5)49)42(36(47)48)25-28-19-13-8-14-20-28/h6-20,29-33,39,43-44,49H,21-25H2,1-5H3,(H,40,45)(H,41,46)(H,47,48)/t29-,30-,31+,32+,33?/m0/s1. The number of aliphatic hydroxyl groups excluding tert-OH is 2. The number of carbonyl (C=O) groups excluding carboxylic acids is 2. The lowest BCUT2D eigenvalue weighted by Crippen LogP contribution is -2.62. The summed E-state index contributed by atoms with van der Waals surface area (Å²) in [4.78, 5) is 39.8. The number of amides is 3. The number of carboxylic acid groups (broad SMARTS) is 1. The van der Waals surface area contributed by atoms with Crippen molar-refractivity contribution in [3.05, 3.63) is 108 Å². The summed E-state index contributed by atoms with van der Waals surface area (Å²) in [6, 6.07) is 24.1. The van der Waals surface area contributed by atoms with E-state index in [0.29, 0.717) is 12.0 Å². The molecule has 272 valence electrons. The highest BCUT2D eigenvalue weighted by Crippen LogP contribution is 2.21. The molecule has 5 atom stereocenters. The summed E-state index contributed by atoms with van der Waals surface area (Å²) in [7, 11) is 0. The van der Waals surface area contributed by atoms with Crippen molar-refractivity contribution in [1.82, 2.24) is 20.9 Å². The van der Waals surface area contributed by atoms with Crippen LogP contribution in [0.3, 0.4) is 0 Å². The summed E-state index contributed by atoms with van der Waals surface area (Å²) in [6.45, 7) is 7.72. The lowest BCUT2D eigenvalue weighted by molar-refractivity contribution is -0.136. The molecular formula is C38H52N4O8. The van der Waals surface area contributed by atoms with Crippen LogP contribution in [0, 0.1) is 0 Å². The summed E-state index contributed by atoms with van der Waals surface area (Å²) < 4.78 is 5.41. The van der Waals surface area contributed by atoms with Gasteiger partial charge in [-0.15, -0.1) is 0 Å². The Bertz CT molecular complexity index is 1480. The molecule has 7 N–H and O–H groups in total. The highest BCUT2D eigenvalue weighted by molar-refractivity contribution is 5.86. The minimum Gasteiger partial charge on any atom is -0.465 e. The van der Waals surface area contributed by atoms with Gasteiger partial charge in [0.05, 0.1) is 29.9 Å². The number of rotatable bonds is 17. The Morgan fingerprint density at radius 2 is 1.12 bits per heavy atom. The number of hydrogen-bond donors (Lipinski definition) is 7. The van der Waals surface area contributed by atoms with Crippen LogP contribution >= 0.6 is 0 Å². The molecule has 1 unspecified atom stereocenters. The third-order valence-electron chi connectivity index (χ3n) is 7.93. The average Bonchev–Trinajstić information content (AvgIpc) is 3.03. The minimum atomic E-state index is -1.78. The molecule has 0 aliphatic heterocycles. The molecule has 0 radical (unpaired) electrons. The summed E-state index contributed by atoms with van der Waals surface area (Å²) in [6.07, 6.45) is -3.84. The molecule has 3 rings (SSSR count). The van der Waals surface area contributed by atoms with E-state index in [1.54, 1.807) is 51.1 Å². The van der Waals surface area contributed by atoms with Crippen LogP contribution < -0.4 is 16.0 Å². The van der Waals surface area contributed by atoms with Crippen molar-refractivity contribution in [2.45, 2.75) is 95.5 Å². The van der Waals surface area contributed by atoms with Crippen molar-refractivity contribution in [3.8, 4) is 0 Å². The molecule has 0 aliphatic rings. The first-order valence-electron chi connectivity index (χ1n) is 16.7. The van der Waals surface area contributed by atoms with Crippen LogP contribution in [0.15, 0.2) is 91.0 Å². The van der Waals surface area contributed by atoms with Crippen LogP contribution in [0.4, 0.5) is 9.59 Å². The van der Waals surface area contributed by atoms with E-state index in [1.165, 1.54) is 13.8 Å². The smallest absolute Gasteiger partial charge is 0.408 e. The molecule has 0 heterocycles. The molecule has 0 saturated heterocycles. The van der Waals surface area contributed by atoms with E-state index in [-0.39, 0.29) is 26.1 Å².